The minimum Gasteiger partial charge on any atom is -0.508 e. The number of aliphatic hydroxyl groups excluding tert-OH is 2. The van der Waals surface area contributed by atoms with Crippen LogP contribution in [0.4, 0.5) is 0 Å². The number of nitrogens with one attached hydrogen (secondary N) is 2. The van der Waals surface area contributed by atoms with Crippen molar-refractivity contribution in [1.29, 1.82) is 0 Å². The smallest absolute Gasteiger partial charge is 0.357 e. The van der Waals surface area contributed by atoms with Crippen LogP contribution in [0.2, 0.25) is 0 Å². The van der Waals surface area contributed by atoms with Crippen LogP contribution in [-0.4, -0.2) is 56.0 Å². The maximum absolute atomic E-state index is 12.8. The summed E-state index contributed by atoms with van der Waals surface area (Å²) in [5.41, 5.74) is 4.06. The number of aliphatic hydroxyl groups is 2. The summed E-state index contributed by atoms with van der Waals surface area (Å²) < 4.78 is 31.4. The molecule has 0 saturated heterocycles. The molecule has 0 aromatic heterocycles. The molecule has 0 aliphatic rings. The van der Waals surface area contributed by atoms with Crippen molar-refractivity contribution in [2.24, 2.45) is 0 Å². The molecular formula is C38H46N2O8S. The Morgan fingerprint density at radius 1 is 0.776 bits per heavy atom. The Bertz CT molecular complexity index is 1700. The summed E-state index contributed by atoms with van der Waals surface area (Å²) in [7, 11) is -4.07. The average molecular weight is 691 g/mol. The normalized spacial score (nSPS) is 12.1. The first-order chi connectivity index (χ1) is 23.8. The number of ether oxygens (including phenoxy) is 1. The zero-order valence-electron chi connectivity index (χ0n) is 27.6. The summed E-state index contributed by atoms with van der Waals surface area (Å²) in [5, 5.41) is 32.5. The van der Waals surface area contributed by atoms with Crippen LogP contribution in [0.15, 0.2) is 102 Å². The Hall–Kier alpha value is -4.10. The third kappa shape index (κ3) is 12.4. The zero-order valence-corrected chi connectivity index (χ0v) is 28.4. The number of rotatable bonds is 21. The van der Waals surface area contributed by atoms with Gasteiger partial charge in [-0.05, 0) is 95.8 Å². The Balaban J connectivity index is 1.04. The summed E-state index contributed by atoms with van der Waals surface area (Å²) in [4.78, 5) is 19.4. The molecule has 4 rings (SSSR count). The SMILES string of the molecule is O=C(ONS(=O)(=O)c1cccc(CCCOCCCCCCCNC[C@@H](O)c2ccc(O)c(CO)c2)c1)c1ccc(-c2ccccc2)cc1. The number of unbranched alkanes of at least 4 members (excludes halogenated alkanes) is 4. The van der Waals surface area contributed by atoms with Crippen molar-refractivity contribution in [3.05, 3.63) is 119 Å². The van der Waals surface area contributed by atoms with E-state index in [0.717, 1.165) is 61.8 Å². The van der Waals surface area contributed by atoms with E-state index in [2.05, 4.69) is 5.32 Å². The minimum atomic E-state index is -4.07. The van der Waals surface area contributed by atoms with E-state index in [9.17, 15) is 28.5 Å². The lowest BCUT2D eigenvalue weighted by atomic mass is 10.0. The number of aryl methyl sites for hydroxylation is 1. The summed E-state index contributed by atoms with van der Waals surface area (Å²) in [6, 6.07) is 27.7. The number of phenols is 1. The van der Waals surface area contributed by atoms with Crippen molar-refractivity contribution >= 4 is 16.0 Å². The molecule has 0 amide bonds. The highest BCUT2D eigenvalue weighted by molar-refractivity contribution is 7.89. The fourth-order valence-corrected chi connectivity index (χ4v) is 6.10. The molecule has 0 saturated carbocycles. The fourth-order valence-electron chi connectivity index (χ4n) is 5.26. The van der Waals surface area contributed by atoms with Gasteiger partial charge in [-0.3, -0.25) is 0 Å². The van der Waals surface area contributed by atoms with E-state index in [1.54, 1.807) is 48.5 Å². The molecule has 0 bridgehead atoms. The van der Waals surface area contributed by atoms with Gasteiger partial charge in [-0.25, -0.2) is 13.2 Å². The second-order valence-electron chi connectivity index (χ2n) is 11.8. The van der Waals surface area contributed by atoms with Crippen LogP contribution < -0.4 is 10.2 Å². The van der Waals surface area contributed by atoms with Crippen LogP contribution in [-0.2, 0) is 32.6 Å². The number of carbonyl (C=O) groups is 1. The van der Waals surface area contributed by atoms with Gasteiger partial charge in [0.25, 0.3) is 10.0 Å². The van der Waals surface area contributed by atoms with Gasteiger partial charge in [0.05, 0.1) is 23.2 Å². The zero-order chi connectivity index (χ0) is 34.9. The van der Waals surface area contributed by atoms with Crippen LogP contribution in [0.25, 0.3) is 11.1 Å². The molecule has 262 valence electrons. The van der Waals surface area contributed by atoms with Gasteiger partial charge in [0.15, 0.2) is 0 Å². The lowest BCUT2D eigenvalue weighted by Crippen LogP contribution is -2.27. The van der Waals surface area contributed by atoms with E-state index in [0.29, 0.717) is 37.3 Å². The Morgan fingerprint density at radius 2 is 1.49 bits per heavy atom. The van der Waals surface area contributed by atoms with E-state index >= 15 is 0 Å². The first-order valence-electron chi connectivity index (χ1n) is 16.6. The molecule has 0 radical (unpaired) electrons. The molecule has 11 heteroatoms. The fraction of sp³-hybridized carbons (Fsp3) is 0.342. The standard InChI is InChI=1S/C38H46N2O8S/c41-28-34-26-33(20-21-36(34)42)37(43)27-39-22-7-2-1-3-8-23-47-24-10-12-29-11-9-15-35(25-29)49(45,46)40-48-38(44)32-18-16-31(17-19-32)30-13-5-4-6-14-30/h4-6,9,11,13-21,25-26,37,39-43H,1-3,7-8,10,12,22-24,27-28H2/t37-/m1/s1. The third-order valence-electron chi connectivity index (χ3n) is 8.07. The number of hydrogen-bond donors (Lipinski definition) is 5. The first-order valence-corrected chi connectivity index (χ1v) is 18.1. The molecular weight excluding hydrogens is 644 g/mol. The number of sulfonamides is 1. The predicted molar refractivity (Wildman–Crippen MR) is 188 cm³/mol. The number of carbonyl (C=O) groups excluding carboxylic acids is 1. The molecule has 4 aromatic carbocycles. The maximum Gasteiger partial charge on any atom is 0.357 e. The molecule has 4 aromatic rings. The van der Waals surface area contributed by atoms with Gasteiger partial charge in [0.1, 0.15) is 5.75 Å². The Morgan fingerprint density at radius 3 is 2.27 bits per heavy atom. The van der Waals surface area contributed by atoms with Crippen LogP contribution in [0, 0.1) is 0 Å². The highest BCUT2D eigenvalue weighted by atomic mass is 32.2. The van der Waals surface area contributed by atoms with Gasteiger partial charge in [-0.2, -0.15) is 0 Å². The molecule has 0 aliphatic heterocycles. The third-order valence-corrected chi connectivity index (χ3v) is 9.25. The quantitative estimate of drug-likeness (QED) is 0.0537. The van der Waals surface area contributed by atoms with E-state index in [4.69, 9.17) is 9.57 Å². The molecule has 5 N–H and O–H groups in total. The molecule has 0 fully saturated rings. The minimum absolute atomic E-state index is 0.0125. The van der Waals surface area contributed by atoms with E-state index in [1.165, 1.54) is 12.1 Å². The lowest BCUT2D eigenvalue weighted by molar-refractivity contribution is 0.0407. The van der Waals surface area contributed by atoms with Crippen LogP contribution >= 0.6 is 0 Å². The molecule has 1 atom stereocenters. The van der Waals surface area contributed by atoms with Gasteiger partial charge in [0.2, 0.25) is 0 Å². The predicted octanol–water partition coefficient (Wildman–Crippen LogP) is 5.82. The molecule has 49 heavy (non-hydrogen) atoms. The van der Waals surface area contributed by atoms with Gasteiger partial charge >= 0.3 is 5.97 Å². The number of aromatic hydroxyl groups is 1. The molecule has 10 nitrogen and oxygen atoms in total. The summed E-state index contributed by atoms with van der Waals surface area (Å²) >= 11 is 0. The molecule has 0 unspecified atom stereocenters. The van der Waals surface area contributed by atoms with Crippen molar-refractivity contribution < 1.29 is 38.1 Å². The highest BCUT2D eigenvalue weighted by Crippen LogP contribution is 2.23. The highest BCUT2D eigenvalue weighted by Gasteiger charge is 2.18. The summed E-state index contributed by atoms with van der Waals surface area (Å²) in [5.74, 6) is -0.779. The number of hydrogen-bond acceptors (Lipinski definition) is 9. The Kier molecular flexibility index (Phi) is 15.2. The van der Waals surface area contributed by atoms with E-state index < -0.39 is 22.1 Å². The van der Waals surface area contributed by atoms with Crippen molar-refractivity contribution in [2.45, 2.75) is 62.6 Å². The summed E-state index contributed by atoms with van der Waals surface area (Å²) in [6.07, 6.45) is 5.89. The van der Waals surface area contributed by atoms with Gasteiger partial charge in [-0.15, -0.1) is 0 Å². The van der Waals surface area contributed by atoms with Crippen molar-refractivity contribution in [3.8, 4) is 16.9 Å². The topological polar surface area (TPSA) is 154 Å². The molecule has 0 aliphatic carbocycles. The van der Waals surface area contributed by atoms with Crippen LogP contribution in [0.3, 0.4) is 0 Å². The second-order valence-corrected chi connectivity index (χ2v) is 13.5. The van der Waals surface area contributed by atoms with E-state index in [-0.39, 0.29) is 22.8 Å². The van der Waals surface area contributed by atoms with Crippen molar-refractivity contribution in [3.63, 3.8) is 0 Å². The Labute approximate surface area is 288 Å². The summed E-state index contributed by atoms with van der Waals surface area (Å²) in [6.45, 7) is 2.17. The van der Waals surface area contributed by atoms with Crippen LogP contribution in [0.5, 0.6) is 5.75 Å². The van der Waals surface area contributed by atoms with Crippen molar-refractivity contribution in [1.82, 2.24) is 10.2 Å². The number of benzene rings is 4. The molecule has 0 spiro atoms. The van der Waals surface area contributed by atoms with E-state index in [1.807, 2.05) is 41.3 Å². The van der Waals surface area contributed by atoms with Gasteiger partial charge in [0, 0.05) is 25.3 Å². The first kappa shape index (κ1) is 37.7. The molecule has 0 heterocycles. The largest absolute Gasteiger partial charge is 0.508 e. The van der Waals surface area contributed by atoms with Crippen molar-refractivity contribution in [2.75, 3.05) is 26.3 Å². The second kappa shape index (κ2) is 19.8. The lowest BCUT2D eigenvalue weighted by Gasteiger charge is -2.14. The average Bonchev–Trinajstić information content (AvgIpc) is 3.13. The van der Waals surface area contributed by atoms with Gasteiger partial charge in [-0.1, -0.05) is 79.9 Å². The monoisotopic (exact) mass is 690 g/mol. The maximum atomic E-state index is 12.8. The van der Waals surface area contributed by atoms with Crippen LogP contribution in [0.1, 0.15) is 71.7 Å². The van der Waals surface area contributed by atoms with Gasteiger partial charge < -0.3 is 30.2 Å².